The Morgan fingerprint density at radius 1 is 1.31 bits per heavy atom. The molecule has 1 amide bonds. The molecule has 2 unspecified atom stereocenters. The Morgan fingerprint density at radius 2 is 1.81 bits per heavy atom. The number of ether oxygens (including phenoxy) is 1. The highest BCUT2D eigenvalue weighted by atomic mass is 16.6. The summed E-state index contributed by atoms with van der Waals surface area (Å²) in [5.41, 5.74) is -0.512. The second-order valence-electron chi connectivity index (χ2n) is 5.33. The predicted molar refractivity (Wildman–Crippen MR) is 62.8 cm³/mol. The number of nitrogens with zero attached hydrogens (tertiary/aromatic N) is 1. The van der Waals surface area contributed by atoms with Gasteiger partial charge in [0.25, 0.3) is 0 Å². The monoisotopic (exact) mass is 226 g/mol. The lowest BCUT2D eigenvalue weighted by Gasteiger charge is -2.27. The van der Waals surface area contributed by atoms with Crippen LogP contribution < -0.4 is 5.32 Å². The highest BCUT2D eigenvalue weighted by molar-refractivity contribution is 5.68. The minimum absolute atomic E-state index is 0.181. The fourth-order valence-corrected chi connectivity index (χ4v) is 1.39. The number of alkyl carbamates (subject to hydrolysis) is 1. The van der Waals surface area contributed by atoms with Gasteiger partial charge in [0.15, 0.2) is 0 Å². The van der Waals surface area contributed by atoms with Crippen molar-refractivity contribution in [3.63, 3.8) is 0 Å². The fraction of sp³-hybridized carbons (Fsp3) is 0.833. The summed E-state index contributed by atoms with van der Waals surface area (Å²) in [5.74, 6) is -0.0327. The van der Waals surface area contributed by atoms with E-state index in [1.165, 1.54) is 0 Å². The molecule has 0 aromatic carbocycles. The molecule has 0 aliphatic rings. The molecule has 0 aliphatic heterocycles. The van der Waals surface area contributed by atoms with E-state index < -0.39 is 11.7 Å². The molecule has 0 heterocycles. The molecule has 0 saturated carbocycles. The Morgan fingerprint density at radius 3 is 2.12 bits per heavy atom. The molecule has 92 valence electrons. The van der Waals surface area contributed by atoms with Gasteiger partial charge < -0.3 is 10.1 Å². The number of hydrogen-bond acceptors (Lipinski definition) is 3. The maximum Gasteiger partial charge on any atom is 0.407 e. The molecule has 2 atom stereocenters. The van der Waals surface area contributed by atoms with E-state index in [4.69, 9.17) is 10.00 Å². The zero-order valence-corrected chi connectivity index (χ0v) is 11.0. The quantitative estimate of drug-likeness (QED) is 0.804. The van der Waals surface area contributed by atoms with Crippen LogP contribution in [0.4, 0.5) is 4.79 Å². The van der Waals surface area contributed by atoms with Crippen molar-refractivity contribution < 1.29 is 9.53 Å². The van der Waals surface area contributed by atoms with Crippen LogP contribution in [-0.2, 0) is 4.74 Å². The van der Waals surface area contributed by atoms with Crippen LogP contribution in [0.2, 0.25) is 0 Å². The lowest BCUT2D eigenvalue weighted by molar-refractivity contribution is 0.0478. The summed E-state index contributed by atoms with van der Waals surface area (Å²) in [6.07, 6.45) is -0.465. The minimum Gasteiger partial charge on any atom is -0.444 e. The summed E-state index contributed by atoms with van der Waals surface area (Å²) >= 11 is 0. The summed E-state index contributed by atoms with van der Waals surface area (Å²) in [6, 6.07) is 1.96. The standard InChI is InChI=1S/C12H22N2O2/c1-8(2)10(9(3)7-13)14-11(15)16-12(4,5)6/h8-10H,1-6H3,(H,14,15). The molecule has 1 N–H and O–H groups in total. The van der Waals surface area contributed by atoms with Crippen molar-refractivity contribution in [2.45, 2.75) is 53.2 Å². The third-order valence-electron chi connectivity index (χ3n) is 2.14. The Bertz CT molecular complexity index is 274. The Kier molecular flexibility index (Phi) is 5.29. The van der Waals surface area contributed by atoms with Gasteiger partial charge in [0.05, 0.1) is 12.0 Å². The van der Waals surface area contributed by atoms with E-state index >= 15 is 0 Å². The number of nitrogens with one attached hydrogen (secondary N) is 1. The Balaban J connectivity index is 4.43. The highest BCUT2D eigenvalue weighted by Gasteiger charge is 2.25. The van der Waals surface area contributed by atoms with Gasteiger partial charge in [0.1, 0.15) is 5.60 Å². The topological polar surface area (TPSA) is 62.1 Å². The largest absolute Gasteiger partial charge is 0.444 e. The van der Waals surface area contributed by atoms with Crippen LogP contribution in [0.15, 0.2) is 0 Å². The normalized spacial score (nSPS) is 15.1. The van der Waals surface area contributed by atoms with E-state index in [0.717, 1.165) is 0 Å². The molecule has 0 bridgehead atoms. The molecule has 0 aromatic rings. The number of amides is 1. The summed E-state index contributed by atoms with van der Waals surface area (Å²) in [7, 11) is 0. The third kappa shape index (κ3) is 5.59. The number of nitriles is 1. The van der Waals surface area contributed by atoms with Crippen molar-refractivity contribution in [1.82, 2.24) is 5.32 Å². The Hall–Kier alpha value is -1.24. The van der Waals surface area contributed by atoms with Crippen LogP contribution in [0.3, 0.4) is 0 Å². The minimum atomic E-state index is -0.512. The number of rotatable bonds is 3. The van der Waals surface area contributed by atoms with Crippen LogP contribution >= 0.6 is 0 Å². The molecule has 0 radical (unpaired) electrons. The summed E-state index contributed by atoms with van der Waals surface area (Å²) < 4.78 is 5.15. The van der Waals surface area contributed by atoms with Gasteiger partial charge in [-0.15, -0.1) is 0 Å². The van der Waals surface area contributed by atoms with E-state index in [-0.39, 0.29) is 17.9 Å². The van der Waals surface area contributed by atoms with Gasteiger partial charge in [-0.3, -0.25) is 0 Å². The number of hydrogen-bond donors (Lipinski definition) is 1. The van der Waals surface area contributed by atoms with E-state index in [2.05, 4.69) is 11.4 Å². The maximum absolute atomic E-state index is 11.6. The van der Waals surface area contributed by atoms with Gasteiger partial charge >= 0.3 is 6.09 Å². The molecule has 0 rings (SSSR count). The van der Waals surface area contributed by atoms with Crippen LogP contribution in [0.1, 0.15) is 41.5 Å². The van der Waals surface area contributed by atoms with Crippen LogP contribution in [0.25, 0.3) is 0 Å². The fourth-order valence-electron chi connectivity index (χ4n) is 1.39. The smallest absolute Gasteiger partial charge is 0.407 e. The first-order valence-corrected chi connectivity index (χ1v) is 5.56. The molecular formula is C12H22N2O2. The predicted octanol–water partition coefficient (Wildman–Crippen LogP) is 2.70. The van der Waals surface area contributed by atoms with Crippen molar-refractivity contribution in [1.29, 1.82) is 5.26 Å². The van der Waals surface area contributed by atoms with Gasteiger partial charge in [-0.05, 0) is 33.6 Å². The molecular weight excluding hydrogens is 204 g/mol. The second kappa shape index (κ2) is 5.74. The molecule has 0 aliphatic carbocycles. The highest BCUT2D eigenvalue weighted by Crippen LogP contribution is 2.13. The molecule has 0 aromatic heterocycles. The average molecular weight is 226 g/mol. The zero-order chi connectivity index (χ0) is 12.9. The zero-order valence-electron chi connectivity index (χ0n) is 11.0. The van der Waals surface area contributed by atoms with Crippen molar-refractivity contribution in [2.24, 2.45) is 11.8 Å². The van der Waals surface area contributed by atoms with Gasteiger partial charge in [-0.2, -0.15) is 5.26 Å². The lowest BCUT2D eigenvalue weighted by atomic mass is 9.93. The first-order valence-electron chi connectivity index (χ1n) is 5.56. The van der Waals surface area contributed by atoms with Crippen LogP contribution in [-0.4, -0.2) is 17.7 Å². The van der Waals surface area contributed by atoms with Crippen molar-refractivity contribution in [2.75, 3.05) is 0 Å². The van der Waals surface area contributed by atoms with Gasteiger partial charge in [-0.1, -0.05) is 13.8 Å². The summed E-state index contributed by atoms with van der Waals surface area (Å²) in [5, 5.41) is 11.6. The first kappa shape index (κ1) is 14.8. The summed E-state index contributed by atoms with van der Waals surface area (Å²) in [4.78, 5) is 11.6. The van der Waals surface area contributed by atoms with E-state index in [1.54, 1.807) is 6.92 Å². The van der Waals surface area contributed by atoms with Crippen molar-refractivity contribution in [3.8, 4) is 6.07 Å². The van der Waals surface area contributed by atoms with Gasteiger partial charge in [0, 0.05) is 6.04 Å². The Labute approximate surface area is 98.0 Å². The molecule has 0 saturated heterocycles. The van der Waals surface area contributed by atoms with E-state index in [1.807, 2.05) is 34.6 Å². The SMILES string of the molecule is CC(C)C(NC(=O)OC(C)(C)C)C(C)C#N. The molecule has 4 heteroatoms. The maximum atomic E-state index is 11.6. The number of carbonyl (C=O) groups excluding carboxylic acids is 1. The molecule has 16 heavy (non-hydrogen) atoms. The molecule has 0 fully saturated rings. The number of carbonyl (C=O) groups is 1. The average Bonchev–Trinajstić information content (AvgIpc) is 2.09. The van der Waals surface area contributed by atoms with E-state index in [0.29, 0.717) is 0 Å². The van der Waals surface area contributed by atoms with Gasteiger partial charge in [0.2, 0.25) is 0 Å². The van der Waals surface area contributed by atoms with Crippen LogP contribution in [0, 0.1) is 23.2 Å². The third-order valence-corrected chi connectivity index (χ3v) is 2.14. The van der Waals surface area contributed by atoms with Crippen LogP contribution in [0.5, 0.6) is 0 Å². The van der Waals surface area contributed by atoms with Crippen molar-refractivity contribution >= 4 is 6.09 Å². The lowest BCUT2D eigenvalue weighted by Crippen LogP contribution is -2.44. The first-order chi connectivity index (χ1) is 7.17. The molecule has 4 nitrogen and oxygen atoms in total. The second-order valence-corrected chi connectivity index (χ2v) is 5.33. The van der Waals surface area contributed by atoms with Crippen molar-refractivity contribution in [3.05, 3.63) is 0 Å². The van der Waals surface area contributed by atoms with E-state index in [9.17, 15) is 4.79 Å². The van der Waals surface area contributed by atoms with Gasteiger partial charge in [-0.25, -0.2) is 4.79 Å². The summed E-state index contributed by atoms with van der Waals surface area (Å²) in [6.45, 7) is 11.2. The molecule has 0 spiro atoms.